The molecule has 1 amide bonds. The van der Waals surface area contributed by atoms with E-state index in [2.05, 4.69) is 13.8 Å². The fourth-order valence-electron chi connectivity index (χ4n) is 3.59. The number of aliphatic carboxylic acids is 1. The van der Waals surface area contributed by atoms with Gasteiger partial charge < -0.3 is 10.0 Å². The summed E-state index contributed by atoms with van der Waals surface area (Å²) in [4.78, 5) is 25.7. The summed E-state index contributed by atoms with van der Waals surface area (Å²) in [6.45, 7) is 7.93. The lowest BCUT2D eigenvalue weighted by atomic mass is 10.1. The van der Waals surface area contributed by atoms with Crippen molar-refractivity contribution in [2.45, 2.75) is 59.0 Å². The number of likely N-dealkylation sites (tertiary alicyclic amines) is 1. The highest BCUT2D eigenvalue weighted by Crippen LogP contribution is 2.59. The van der Waals surface area contributed by atoms with Gasteiger partial charge in [-0.3, -0.25) is 9.59 Å². The third kappa shape index (κ3) is 1.82. The van der Waals surface area contributed by atoms with Crippen LogP contribution in [0.15, 0.2) is 0 Å². The molecule has 1 aliphatic carbocycles. The molecule has 102 valence electrons. The number of carbonyl (C=O) groups is 2. The number of carbonyl (C=O) groups excluding carboxylic acids is 1. The Morgan fingerprint density at radius 3 is 2.33 bits per heavy atom. The molecule has 0 bridgehead atoms. The molecule has 1 saturated carbocycles. The zero-order chi connectivity index (χ0) is 13.7. The average molecular weight is 253 g/mol. The first kappa shape index (κ1) is 13.4. The van der Waals surface area contributed by atoms with Gasteiger partial charge in [-0.25, -0.2) is 0 Å². The Morgan fingerprint density at radius 2 is 1.89 bits per heavy atom. The average Bonchev–Trinajstić information content (AvgIpc) is 2.66. The highest BCUT2D eigenvalue weighted by Gasteiger charge is 2.67. The Morgan fingerprint density at radius 1 is 1.28 bits per heavy atom. The van der Waals surface area contributed by atoms with Crippen LogP contribution in [0, 0.1) is 17.3 Å². The topological polar surface area (TPSA) is 57.6 Å². The van der Waals surface area contributed by atoms with Gasteiger partial charge in [0.05, 0.1) is 11.8 Å². The number of hydrogen-bond acceptors (Lipinski definition) is 2. The van der Waals surface area contributed by atoms with Crippen LogP contribution in [-0.4, -0.2) is 34.0 Å². The summed E-state index contributed by atoms with van der Waals surface area (Å²) in [5, 5.41) is 9.17. The van der Waals surface area contributed by atoms with E-state index < -0.39 is 11.9 Å². The lowest BCUT2D eigenvalue weighted by Gasteiger charge is -2.28. The normalized spacial score (nSPS) is 37.7. The standard InChI is InChI=1S/C14H23NO3/c1-5-9-7-6-8(2)15(9)12(16)10-11(13(17)18)14(10,3)4/h8-11H,5-7H2,1-4H3,(H,17,18)/t8?,9?,10-,11+/m1/s1. The first-order chi connectivity index (χ1) is 8.32. The first-order valence-electron chi connectivity index (χ1n) is 6.87. The number of carboxylic acid groups (broad SMARTS) is 1. The van der Waals surface area contributed by atoms with Gasteiger partial charge in [0.25, 0.3) is 0 Å². The molecule has 1 saturated heterocycles. The molecule has 2 fully saturated rings. The molecule has 1 aliphatic heterocycles. The molecule has 2 rings (SSSR count). The number of carboxylic acids is 1. The van der Waals surface area contributed by atoms with Gasteiger partial charge in [0, 0.05) is 12.1 Å². The van der Waals surface area contributed by atoms with E-state index in [1.165, 1.54) is 0 Å². The molecule has 18 heavy (non-hydrogen) atoms. The third-order valence-electron chi connectivity index (χ3n) is 4.87. The van der Waals surface area contributed by atoms with Crippen LogP contribution >= 0.6 is 0 Å². The Bertz CT molecular complexity index is 377. The smallest absolute Gasteiger partial charge is 0.307 e. The predicted molar refractivity (Wildman–Crippen MR) is 68.0 cm³/mol. The fraction of sp³-hybridized carbons (Fsp3) is 0.857. The summed E-state index contributed by atoms with van der Waals surface area (Å²) in [5.74, 6) is -1.61. The predicted octanol–water partition coefficient (Wildman–Crippen LogP) is 2.13. The summed E-state index contributed by atoms with van der Waals surface area (Å²) in [6, 6.07) is 0.562. The highest BCUT2D eigenvalue weighted by atomic mass is 16.4. The maximum atomic E-state index is 12.6. The summed E-state index contributed by atoms with van der Waals surface area (Å²) >= 11 is 0. The van der Waals surface area contributed by atoms with E-state index in [1.54, 1.807) is 0 Å². The van der Waals surface area contributed by atoms with Crippen molar-refractivity contribution in [2.24, 2.45) is 17.3 Å². The lowest BCUT2D eigenvalue weighted by molar-refractivity contribution is -0.143. The molecule has 0 aromatic carbocycles. The van der Waals surface area contributed by atoms with Crippen LogP contribution in [0.3, 0.4) is 0 Å². The second-order valence-corrected chi connectivity index (χ2v) is 6.35. The monoisotopic (exact) mass is 253 g/mol. The molecular formula is C14H23NO3. The third-order valence-corrected chi connectivity index (χ3v) is 4.87. The fourth-order valence-corrected chi connectivity index (χ4v) is 3.59. The molecule has 0 aromatic heterocycles. The van der Waals surface area contributed by atoms with Gasteiger partial charge in [-0.15, -0.1) is 0 Å². The van der Waals surface area contributed by atoms with Gasteiger partial charge >= 0.3 is 5.97 Å². The van der Waals surface area contributed by atoms with Crippen molar-refractivity contribution in [3.05, 3.63) is 0 Å². The Labute approximate surface area is 108 Å². The van der Waals surface area contributed by atoms with Crippen LogP contribution < -0.4 is 0 Å². The first-order valence-corrected chi connectivity index (χ1v) is 6.87. The van der Waals surface area contributed by atoms with Crippen LogP contribution in [0.1, 0.15) is 47.0 Å². The van der Waals surface area contributed by atoms with Gasteiger partial charge in [0.2, 0.25) is 5.91 Å². The van der Waals surface area contributed by atoms with E-state index >= 15 is 0 Å². The molecule has 1 heterocycles. The van der Waals surface area contributed by atoms with Crippen molar-refractivity contribution in [3.8, 4) is 0 Å². The van der Waals surface area contributed by atoms with Crippen molar-refractivity contribution in [2.75, 3.05) is 0 Å². The minimum atomic E-state index is -0.835. The van der Waals surface area contributed by atoms with Crippen molar-refractivity contribution >= 4 is 11.9 Å². The highest BCUT2D eigenvalue weighted by molar-refractivity contribution is 5.92. The molecule has 0 radical (unpaired) electrons. The van der Waals surface area contributed by atoms with E-state index in [4.69, 9.17) is 5.11 Å². The summed E-state index contributed by atoms with van der Waals surface area (Å²) in [6.07, 6.45) is 3.05. The molecule has 4 atom stereocenters. The van der Waals surface area contributed by atoms with Gasteiger partial charge in [0.1, 0.15) is 0 Å². The van der Waals surface area contributed by atoms with Crippen LogP contribution in [0.2, 0.25) is 0 Å². The van der Waals surface area contributed by atoms with E-state index in [0.29, 0.717) is 6.04 Å². The summed E-state index contributed by atoms with van der Waals surface area (Å²) in [5.41, 5.74) is -0.385. The second-order valence-electron chi connectivity index (χ2n) is 6.35. The quantitative estimate of drug-likeness (QED) is 0.838. The second kappa shape index (κ2) is 4.25. The summed E-state index contributed by atoms with van der Waals surface area (Å²) < 4.78 is 0. The van der Waals surface area contributed by atoms with Crippen molar-refractivity contribution < 1.29 is 14.7 Å². The zero-order valence-electron chi connectivity index (χ0n) is 11.6. The maximum absolute atomic E-state index is 12.6. The number of nitrogens with zero attached hydrogens (tertiary/aromatic N) is 1. The minimum Gasteiger partial charge on any atom is -0.481 e. The lowest BCUT2D eigenvalue weighted by Crippen LogP contribution is -2.41. The van der Waals surface area contributed by atoms with Gasteiger partial charge in [-0.2, -0.15) is 0 Å². The number of hydrogen-bond donors (Lipinski definition) is 1. The van der Waals surface area contributed by atoms with Gasteiger partial charge in [-0.05, 0) is 31.6 Å². The van der Waals surface area contributed by atoms with Crippen LogP contribution in [-0.2, 0) is 9.59 Å². The van der Waals surface area contributed by atoms with Crippen molar-refractivity contribution in [3.63, 3.8) is 0 Å². The molecule has 1 N–H and O–H groups in total. The Kier molecular flexibility index (Phi) is 3.16. The van der Waals surface area contributed by atoms with E-state index in [1.807, 2.05) is 18.7 Å². The van der Waals surface area contributed by atoms with E-state index in [-0.39, 0.29) is 23.3 Å². The number of amides is 1. The minimum absolute atomic E-state index is 0.0595. The van der Waals surface area contributed by atoms with Crippen molar-refractivity contribution in [1.29, 1.82) is 0 Å². The van der Waals surface area contributed by atoms with Crippen LogP contribution in [0.4, 0.5) is 0 Å². The summed E-state index contributed by atoms with van der Waals surface area (Å²) in [7, 11) is 0. The zero-order valence-corrected chi connectivity index (χ0v) is 11.6. The van der Waals surface area contributed by atoms with E-state index in [9.17, 15) is 9.59 Å². The largest absolute Gasteiger partial charge is 0.481 e. The van der Waals surface area contributed by atoms with Gasteiger partial charge in [0.15, 0.2) is 0 Å². The molecule has 0 aromatic rings. The van der Waals surface area contributed by atoms with Crippen LogP contribution in [0.25, 0.3) is 0 Å². The van der Waals surface area contributed by atoms with Gasteiger partial charge in [-0.1, -0.05) is 20.8 Å². The SMILES string of the molecule is CCC1CCC(C)N1C(=O)[C@H]1[C@@H](C(=O)O)C1(C)C. The van der Waals surface area contributed by atoms with Crippen molar-refractivity contribution in [1.82, 2.24) is 4.90 Å². The molecule has 2 unspecified atom stereocenters. The Balaban J connectivity index is 2.15. The van der Waals surface area contributed by atoms with Crippen LogP contribution in [0.5, 0.6) is 0 Å². The molecule has 4 heteroatoms. The number of rotatable bonds is 3. The van der Waals surface area contributed by atoms with E-state index in [0.717, 1.165) is 19.3 Å². The molecule has 4 nitrogen and oxygen atoms in total. The molecule has 2 aliphatic rings. The maximum Gasteiger partial charge on any atom is 0.307 e. The molecular weight excluding hydrogens is 230 g/mol. The molecule has 0 spiro atoms. The Hall–Kier alpha value is -1.06.